The van der Waals surface area contributed by atoms with Crippen molar-refractivity contribution in [3.63, 3.8) is 0 Å². The molecule has 0 spiro atoms. The highest BCUT2D eigenvalue weighted by atomic mass is 35.5. The average Bonchev–Trinajstić information content (AvgIpc) is 2.62. The van der Waals surface area contributed by atoms with Crippen molar-refractivity contribution in [3.05, 3.63) is 52.3 Å². The molecule has 1 aliphatic heterocycles. The van der Waals surface area contributed by atoms with E-state index >= 15 is 0 Å². The highest BCUT2D eigenvalue weighted by Gasteiger charge is 2.28. The number of hydrogen-bond donors (Lipinski definition) is 1. The van der Waals surface area contributed by atoms with Gasteiger partial charge in [-0.3, -0.25) is 4.79 Å². The van der Waals surface area contributed by atoms with Crippen LogP contribution in [0.3, 0.4) is 0 Å². The average molecular weight is 343 g/mol. The number of carbonyl (C=O) groups excluding carboxylic acids is 1. The van der Waals surface area contributed by atoms with Crippen molar-refractivity contribution < 1.29 is 4.79 Å². The summed E-state index contributed by atoms with van der Waals surface area (Å²) >= 11 is 5.97. The van der Waals surface area contributed by atoms with Crippen LogP contribution in [0.15, 0.2) is 30.5 Å². The lowest BCUT2D eigenvalue weighted by molar-refractivity contribution is 0.0962. The van der Waals surface area contributed by atoms with Crippen LogP contribution in [0.2, 0.25) is 5.02 Å². The molecule has 6 heteroatoms. The number of ketones is 1. The minimum atomic E-state index is 0.128. The van der Waals surface area contributed by atoms with E-state index in [0.29, 0.717) is 17.0 Å². The Morgan fingerprint density at radius 3 is 2.62 bits per heavy atom. The zero-order chi connectivity index (χ0) is 16.5. The molecule has 1 unspecified atom stereocenters. The van der Waals surface area contributed by atoms with Crippen LogP contribution in [0.25, 0.3) is 0 Å². The maximum Gasteiger partial charge on any atom is 0.225 e. The van der Waals surface area contributed by atoms with Gasteiger partial charge in [0.15, 0.2) is 5.78 Å². The van der Waals surface area contributed by atoms with Crippen LogP contribution >= 0.6 is 11.6 Å². The topological polar surface area (TPSA) is 58.1 Å². The molecule has 0 bridgehead atoms. The largest absolute Gasteiger partial charge is 0.338 e. The summed E-state index contributed by atoms with van der Waals surface area (Å²) in [6.07, 6.45) is 2.98. The smallest absolute Gasteiger partial charge is 0.225 e. The maximum atomic E-state index is 12.5. The van der Waals surface area contributed by atoms with E-state index in [9.17, 15) is 4.79 Å². The molecule has 124 valence electrons. The second-order valence-electron chi connectivity index (χ2n) is 6.35. The number of nitrogens with zero attached hydrogens (tertiary/aromatic N) is 3. The fourth-order valence-corrected chi connectivity index (χ4v) is 3.55. The molecule has 1 aliphatic carbocycles. The summed E-state index contributed by atoms with van der Waals surface area (Å²) in [7, 11) is 0. The number of Topliss-reactive ketones (excluding diaryl/α,β-unsaturated/α-hetero) is 1. The van der Waals surface area contributed by atoms with Gasteiger partial charge in [0.2, 0.25) is 5.95 Å². The van der Waals surface area contributed by atoms with Gasteiger partial charge in [0.25, 0.3) is 0 Å². The molecule has 2 heterocycles. The minimum absolute atomic E-state index is 0.128. The van der Waals surface area contributed by atoms with Crippen LogP contribution in [0, 0.1) is 0 Å². The molecule has 1 atom stereocenters. The predicted octanol–water partition coefficient (Wildman–Crippen LogP) is 2.45. The lowest BCUT2D eigenvalue weighted by Gasteiger charge is -2.29. The number of aromatic nitrogens is 2. The third-order valence-electron chi connectivity index (χ3n) is 4.77. The summed E-state index contributed by atoms with van der Waals surface area (Å²) in [6, 6.07) is 7.76. The van der Waals surface area contributed by atoms with Crippen molar-refractivity contribution in [2.75, 3.05) is 31.1 Å². The van der Waals surface area contributed by atoms with E-state index in [1.807, 2.05) is 24.3 Å². The molecule has 1 aromatic carbocycles. The lowest BCUT2D eigenvalue weighted by atomic mass is 9.82. The number of nitrogens with one attached hydrogen (secondary N) is 1. The molecule has 4 rings (SSSR count). The highest BCUT2D eigenvalue weighted by Crippen LogP contribution is 2.32. The fourth-order valence-electron chi connectivity index (χ4n) is 3.42. The van der Waals surface area contributed by atoms with E-state index in [1.54, 1.807) is 6.20 Å². The second kappa shape index (κ2) is 6.49. The van der Waals surface area contributed by atoms with Crippen LogP contribution in [0.4, 0.5) is 5.95 Å². The fraction of sp³-hybridized carbons (Fsp3) is 0.389. The summed E-state index contributed by atoms with van der Waals surface area (Å²) in [5.41, 5.74) is 2.69. The summed E-state index contributed by atoms with van der Waals surface area (Å²) in [6.45, 7) is 3.67. The molecule has 1 N–H and O–H groups in total. The van der Waals surface area contributed by atoms with Gasteiger partial charge in [0, 0.05) is 43.8 Å². The van der Waals surface area contributed by atoms with Crippen LogP contribution in [-0.4, -0.2) is 41.9 Å². The number of halogens is 1. The molecule has 1 aromatic heterocycles. The summed E-state index contributed by atoms with van der Waals surface area (Å²) in [5, 5.41) is 4.04. The SMILES string of the molecule is O=C1CC(c2ccc(Cl)cc2)Cc2nc(N3CCNCC3)ncc21. The first kappa shape index (κ1) is 15.5. The molecular formula is C18H19ClN4O. The van der Waals surface area contributed by atoms with Crippen LogP contribution in [0.5, 0.6) is 0 Å². The van der Waals surface area contributed by atoms with Gasteiger partial charge in [0.1, 0.15) is 0 Å². The third-order valence-corrected chi connectivity index (χ3v) is 5.02. The van der Waals surface area contributed by atoms with Crippen molar-refractivity contribution in [2.45, 2.75) is 18.8 Å². The van der Waals surface area contributed by atoms with Crippen molar-refractivity contribution in [1.82, 2.24) is 15.3 Å². The van der Waals surface area contributed by atoms with E-state index in [1.165, 1.54) is 0 Å². The molecular weight excluding hydrogens is 324 g/mol. The van der Waals surface area contributed by atoms with Gasteiger partial charge in [-0.15, -0.1) is 0 Å². The molecule has 5 nitrogen and oxygen atoms in total. The zero-order valence-electron chi connectivity index (χ0n) is 13.3. The first-order valence-corrected chi connectivity index (χ1v) is 8.69. The Kier molecular flexibility index (Phi) is 4.21. The Balaban J connectivity index is 1.62. The van der Waals surface area contributed by atoms with Crippen molar-refractivity contribution in [1.29, 1.82) is 0 Å². The third kappa shape index (κ3) is 3.01. The molecule has 0 amide bonds. The first-order chi connectivity index (χ1) is 11.7. The molecule has 2 aromatic rings. The maximum absolute atomic E-state index is 12.5. The minimum Gasteiger partial charge on any atom is -0.338 e. The number of rotatable bonds is 2. The number of anilines is 1. The molecule has 2 aliphatic rings. The van der Waals surface area contributed by atoms with E-state index in [-0.39, 0.29) is 11.7 Å². The molecule has 0 radical (unpaired) electrons. The van der Waals surface area contributed by atoms with E-state index < -0.39 is 0 Å². The van der Waals surface area contributed by atoms with Crippen molar-refractivity contribution in [3.8, 4) is 0 Å². The van der Waals surface area contributed by atoms with Crippen LogP contribution in [-0.2, 0) is 6.42 Å². The Labute approximate surface area is 146 Å². The van der Waals surface area contributed by atoms with E-state index in [4.69, 9.17) is 16.6 Å². The van der Waals surface area contributed by atoms with Crippen molar-refractivity contribution >= 4 is 23.3 Å². The van der Waals surface area contributed by atoms with Crippen molar-refractivity contribution in [2.24, 2.45) is 0 Å². The predicted molar refractivity (Wildman–Crippen MR) is 94.0 cm³/mol. The standard InChI is InChI=1S/C18H19ClN4O/c19-14-3-1-12(2-4-14)13-9-16-15(17(24)10-13)11-21-18(22-16)23-7-5-20-6-8-23/h1-4,11,13,20H,5-10H2. The van der Waals surface area contributed by atoms with Gasteiger partial charge in [-0.1, -0.05) is 23.7 Å². The van der Waals surface area contributed by atoms with Gasteiger partial charge in [-0.25, -0.2) is 9.97 Å². The monoisotopic (exact) mass is 342 g/mol. The van der Waals surface area contributed by atoms with E-state index in [2.05, 4.69) is 15.2 Å². The Morgan fingerprint density at radius 2 is 1.88 bits per heavy atom. The normalized spacial score (nSPS) is 20.8. The summed E-state index contributed by atoms with van der Waals surface area (Å²) in [4.78, 5) is 23.8. The van der Waals surface area contributed by atoms with Gasteiger partial charge in [-0.2, -0.15) is 0 Å². The Morgan fingerprint density at radius 1 is 1.12 bits per heavy atom. The Hall–Kier alpha value is -1.98. The molecule has 1 saturated heterocycles. The van der Waals surface area contributed by atoms with Gasteiger partial charge < -0.3 is 10.2 Å². The molecule has 0 saturated carbocycles. The first-order valence-electron chi connectivity index (χ1n) is 8.31. The number of fused-ring (bicyclic) bond motifs is 1. The van der Waals surface area contributed by atoms with Crippen LogP contribution in [0.1, 0.15) is 34.0 Å². The van der Waals surface area contributed by atoms with Gasteiger partial charge in [-0.05, 0) is 30.0 Å². The lowest BCUT2D eigenvalue weighted by Crippen LogP contribution is -2.44. The van der Waals surface area contributed by atoms with Gasteiger partial charge >= 0.3 is 0 Å². The van der Waals surface area contributed by atoms with E-state index in [0.717, 1.165) is 49.8 Å². The molecule has 1 fully saturated rings. The Bertz CT molecular complexity index is 756. The number of hydrogen-bond acceptors (Lipinski definition) is 5. The van der Waals surface area contributed by atoms with Crippen LogP contribution < -0.4 is 10.2 Å². The van der Waals surface area contributed by atoms with Gasteiger partial charge in [0.05, 0.1) is 11.3 Å². The second-order valence-corrected chi connectivity index (χ2v) is 6.78. The molecule has 24 heavy (non-hydrogen) atoms. The summed E-state index contributed by atoms with van der Waals surface area (Å²) < 4.78 is 0. The number of carbonyl (C=O) groups is 1. The summed E-state index contributed by atoms with van der Waals surface area (Å²) in [5.74, 6) is 1.02. The quantitative estimate of drug-likeness (QED) is 0.908. The highest BCUT2D eigenvalue weighted by molar-refractivity contribution is 6.30. The zero-order valence-corrected chi connectivity index (χ0v) is 14.1. The number of benzene rings is 1. The number of piperazine rings is 1.